The quantitative estimate of drug-likeness (QED) is 0.755. The van der Waals surface area contributed by atoms with Crippen LogP contribution in [-0.4, -0.2) is 22.6 Å². The number of benzene rings is 2. The molecule has 24 heavy (non-hydrogen) atoms. The van der Waals surface area contributed by atoms with Crippen molar-refractivity contribution in [3.63, 3.8) is 0 Å². The molecule has 0 bridgehead atoms. The highest BCUT2D eigenvalue weighted by Crippen LogP contribution is 2.24. The zero-order valence-electron chi connectivity index (χ0n) is 13.3. The van der Waals surface area contributed by atoms with E-state index in [1.54, 1.807) is 36.5 Å². The molecule has 0 fully saturated rings. The van der Waals surface area contributed by atoms with E-state index >= 15 is 0 Å². The molecule has 0 saturated carbocycles. The average molecular weight is 322 g/mol. The largest absolute Gasteiger partial charge is 0.494 e. The number of carbonyl (C=O) groups is 1. The summed E-state index contributed by atoms with van der Waals surface area (Å²) >= 11 is 0. The highest BCUT2D eigenvalue weighted by Gasteiger charge is 2.12. The maximum absolute atomic E-state index is 12.6. The van der Waals surface area contributed by atoms with Crippen molar-refractivity contribution in [1.29, 1.82) is 0 Å². The van der Waals surface area contributed by atoms with Crippen molar-refractivity contribution in [3.05, 3.63) is 65.9 Å². The number of nitrogens with zero attached hydrogens (tertiary/aromatic N) is 1. The minimum Gasteiger partial charge on any atom is -0.494 e. The van der Waals surface area contributed by atoms with Gasteiger partial charge in [0, 0.05) is 28.4 Å². The van der Waals surface area contributed by atoms with Gasteiger partial charge in [0.05, 0.1) is 18.7 Å². The molecule has 0 aliphatic heterocycles. The summed E-state index contributed by atoms with van der Waals surface area (Å²) in [6, 6.07) is 14.3. The molecule has 5 nitrogen and oxygen atoms in total. The van der Waals surface area contributed by atoms with Gasteiger partial charge in [-0.3, -0.25) is 9.78 Å². The molecular formula is C19H18N2O3. The maximum Gasteiger partial charge on any atom is 0.256 e. The number of hydrogen-bond donors (Lipinski definition) is 2. The number of amides is 1. The standard InChI is InChI=1S/C19H18N2O3/c1-2-24-18-9-8-14(11-13(18)12-22)21-19(23)16-5-3-7-17-15(16)6-4-10-20-17/h3-11,22H,2,12H2,1H3,(H,21,23). The highest BCUT2D eigenvalue weighted by atomic mass is 16.5. The van der Waals surface area contributed by atoms with Crippen molar-refractivity contribution in [3.8, 4) is 5.75 Å². The van der Waals surface area contributed by atoms with E-state index in [0.717, 1.165) is 10.9 Å². The summed E-state index contributed by atoms with van der Waals surface area (Å²) in [7, 11) is 0. The van der Waals surface area contributed by atoms with Gasteiger partial charge in [-0.1, -0.05) is 12.1 Å². The molecule has 3 aromatic rings. The van der Waals surface area contributed by atoms with Gasteiger partial charge < -0.3 is 15.2 Å². The van der Waals surface area contributed by atoms with Crippen molar-refractivity contribution >= 4 is 22.5 Å². The summed E-state index contributed by atoms with van der Waals surface area (Å²) in [5.41, 5.74) is 2.57. The van der Waals surface area contributed by atoms with E-state index in [0.29, 0.717) is 29.2 Å². The molecule has 0 spiro atoms. The number of ether oxygens (including phenoxy) is 1. The van der Waals surface area contributed by atoms with Gasteiger partial charge in [-0.05, 0) is 43.3 Å². The monoisotopic (exact) mass is 322 g/mol. The maximum atomic E-state index is 12.6. The molecule has 0 unspecified atom stereocenters. The van der Waals surface area contributed by atoms with Crippen LogP contribution in [0.3, 0.4) is 0 Å². The minimum atomic E-state index is -0.221. The summed E-state index contributed by atoms with van der Waals surface area (Å²) in [4.78, 5) is 16.9. The van der Waals surface area contributed by atoms with Crippen molar-refractivity contribution in [2.45, 2.75) is 13.5 Å². The molecule has 2 aromatic carbocycles. The van der Waals surface area contributed by atoms with Crippen LogP contribution >= 0.6 is 0 Å². The lowest BCUT2D eigenvalue weighted by molar-refractivity contribution is 0.102. The average Bonchev–Trinajstić information content (AvgIpc) is 2.62. The van der Waals surface area contributed by atoms with Crippen molar-refractivity contribution in [2.75, 3.05) is 11.9 Å². The first-order valence-corrected chi connectivity index (χ1v) is 7.74. The molecule has 5 heteroatoms. The number of aliphatic hydroxyl groups is 1. The van der Waals surface area contributed by atoms with Gasteiger partial charge in [0.2, 0.25) is 0 Å². The van der Waals surface area contributed by atoms with Crippen LogP contribution in [0.5, 0.6) is 5.75 Å². The van der Waals surface area contributed by atoms with Gasteiger partial charge in [0.1, 0.15) is 5.75 Å². The Hall–Kier alpha value is -2.92. The van der Waals surface area contributed by atoms with E-state index in [1.807, 2.05) is 25.1 Å². The van der Waals surface area contributed by atoms with Crippen LogP contribution in [0.15, 0.2) is 54.7 Å². The number of pyridine rings is 1. The van der Waals surface area contributed by atoms with Crippen LogP contribution in [0, 0.1) is 0 Å². The fourth-order valence-corrected chi connectivity index (χ4v) is 2.58. The normalized spacial score (nSPS) is 10.6. The molecule has 0 saturated heterocycles. The van der Waals surface area contributed by atoms with E-state index in [1.165, 1.54) is 0 Å². The van der Waals surface area contributed by atoms with E-state index < -0.39 is 0 Å². The number of anilines is 1. The Kier molecular flexibility index (Phi) is 4.72. The molecule has 0 radical (unpaired) electrons. The molecule has 1 amide bonds. The van der Waals surface area contributed by atoms with Gasteiger partial charge in [0.15, 0.2) is 0 Å². The van der Waals surface area contributed by atoms with E-state index in [-0.39, 0.29) is 12.5 Å². The first kappa shape index (κ1) is 16.0. The van der Waals surface area contributed by atoms with Crippen LogP contribution in [0.25, 0.3) is 10.9 Å². The molecular weight excluding hydrogens is 304 g/mol. The number of fused-ring (bicyclic) bond motifs is 1. The molecule has 1 heterocycles. The number of nitrogens with one attached hydrogen (secondary N) is 1. The smallest absolute Gasteiger partial charge is 0.256 e. The van der Waals surface area contributed by atoms with Crippen molar-refractivity contribution < 1.29 is 14.6 Å². The lowest BCUT2D eigenvalue weighted by Gasteiger charge is -2.12. The molecule has 1 aromatic heterocycles. The molecule has 0 aliphatic carbocycles. The van der Waals surface area contributed by atoms with Gasteiger partial charge in [-0.15, -0.1) is 0 Å². The molecule has 0 atom stereocenters. The Morgan fingerprint density at radius 3 is 2.88 bits per heavy atom. The van der Waals surface area contributed by atoms with Crippen LogP contribution in [-0.2, 0) is 6.61 Å². The molecule has 2 N–H and O–H groups in total. The molecule has 3 rings (SSSR count). The number of carbonyl (C=O) groups excluding carboxylic acids is 1. The number of hydrogen-bond acceptors (Lipinski definition) is 4. The lowest BCUT2D eigenvalue weighted by atomic mass is 10.1. The van der Waals surface area contributed by atoms with E-state index in [9.17, 15) is 9.90 Å². The second-order valence-electron chi connectivity index (χ2n) is 5.24. The third kappa shape index (κ3) is 3.21. The van der Waals surface area contributed by atoms with Gasteiger partial charge in [-0.2, -0.15) is 0 Å². The van der Waals surface area contributed by atoms with Gasteiger partial charge >= 0.3 is 0 Å². The Labute approximate surface area is 139 Å². The molecule has 122 valence electrons. The zero-order chi connectivity index (χ0) is 16.9. The lowest BCUT2D eigenvalue weighted by Crippen LogP contribution is -2.13. The Morgan fingerprint density at radius 1 is 1.21 bits per heavy atom. The minimum absolute atomic E-state index is 0.156. The summed E-state index contributed by atoms with van der Waals surface area (Å²) < 4.78 is 5.45. The summed E-state index contributed by atoms with van der Waals surface area (Å²) in [5.74, 6) is 0.397. The summed E-state index contributed by atoms with van der Waals surface area (Å²) in [5, 5.41) is 13.1. The van der Waals surface area contributed by atoms with E-state index in [2.05, 4.69) is 10.3 Å². The Bertz CT molecular complexity index is 872. The van der Waals surface area contributed by atoms with Crippen LogP contribution in [0.2, 0.25) is 0 Å². The fraction of sp³-hybridized carbons (Fsp3) is 0.158. The second-order valence-corrected chi connectivity index (χ2v) is 5.24. The third-order valence-electron chi connectivity index (χ3n) is 3.68. The fourth-order valence-electron chi connectivity index (χ4n) is 2.58. The Morgan fingerprint density at radius 2 is 2.08 bits per heavy atom. The van der Waals surface area contributed by atoms with Crippen LogP contribution in [0.4, 0.5) is 5.69 Å². The first-order chi connectivity index (χ1) is 11.7. The predicted molar refractivity (Wildman–Crippen MR) is 93.2 cm³/mol. The zero-order valence-corrected chi connectivity index (χ0v) is 13.3. The Balaban J connectivity index is 1.89. The van der Waals surface area contributed by atoms with Gasteiger partial charge in [0.25, 0.3) is 5.91 Å². The first-order valence-electron chi connectivity index (χ1n) is 7.74. The second kappa shape index (κ2) is 7.10. The van der Waals surface area contributed by atoms with Gasteiger partial charge in [-0.25, -0.2) is 0 Å². The summed E-state index contributed by atoms with van der Waals surface area (Å²) in [6.45, 7) is 2.24. The summed E-state index contributed by atoms with van der Waals surface area (Å²) in [6.07, 6.45) is 1.70. The SMILES string of the molecule is CCOc1ccc(NC(=O)c2cccc3ncccc23)cc1CO. The third-order valence-corrected chi connectivity index (χ3v) is 3.68. The molecule has 0 aliphatic rings. The highest BCUT2D eigenvalue weighted by molar-refractivity contribution is 6.12. The van der Waals surface area contributed by atoms with Crippen molar-refractivity contribution in [1.82, 2.24) is 4.98 Å². The van der Waals surface area contributed by atoms with Crippen LogP contribution < -0.4 is 10.1 Å². The number of aromatic nitrogens is 1. The predicted octanol–water partition coefficient (Wildman–Crippen LogP) is 3.38. The van der Waals surface area contributed by atoms with Crippen LogP contribution in [0.1, 0.15) is 22.8 Å². The van der Waals surface area contributed by atoms with Crippen molar-refractivity contribution in [2.24, 2.45) is 0 Å². The van der Waals surface area contributed by atoms with E-state index in [4.69, 9.17) is 4.74 Å². The number of rotatable bonds is 5. The number of aliphatic hydroxyl groups excluding tert-OH is 1. The topological polar surface area (TPSA) is 71.5 Å².